The summed E-state index contributed by atoms with van der Waals surface area (Å²) in [6.07, 6.45) is 4.83. The van der Waals surface area contributed by atoms with Crippen LogP contribution in [0.15, 0.2) is 64.3 Å². The van der Waals surface area contributed by atoms with Crippen LogP contribution >= 0.6 is 11.3 Å². The molecule has 166 valence electrons. The van der Waals surface area contributed by atoms with Gasteiger partial charge in [0.1, 0.15) is 11.9 Å². The number of esters is 1. The molecule has 0 saturated heterocycles. The summed E-state index contributed by atoms with van der Waals surface area (Å²) in [4.78, 5) is 28.0. The molecule has 0 amide bonds. The Balaban J connectivity index is 1.55. The van der Waals surface area contributed by atoms with Gasteiger partial charge in [0.05, 0.1) is 5.57 Å². The monoisotopic (exact) mass is 451 g/mol. The van der Waals surface area contributed by atoms with Crippen molar-refractivity contribution in [2.75, 3.05) is 0 Å². The zero-order valence-electron chi connectivity index (χ0n) is 18.0. The van der Waals surface area contributed by atoms with Crippen LogP contribution in [0, 0.1) is 5.82 Å². The lowest BCUT2D eigenvalue weighted by atomic mass is 9.72. The van der Waals surface area contributed by atoms with Crippen molar-refractivity contribution in [1.82, 2.24) is 5.32 Å². The fourth-order valence-corrected chi connectivity index (χ4v) is 6.11. The Kier molecular flexibility index (Phi) is 5.72. The average molecular weight is 452 g/mol. The Morgan fingerprint density at radius 1 is 1.16 bits per heavy atom. The molecular formula is C26H26FNO3S. The number of dihydropyridines is 1. The predicted octanol–water partition coefficient (Wildman–Crippen LogP) is 5.73. The number of allylic oxidation sites excluding steroid dienone is 3. The molecule has 5 rings (SSSR count). The number of ether oxygens (including phenoxy) is 1. The maximum absolute atomic E-state index is 14.2. The number of carbonyl (C=O) groups is 2. The van der Waals surface area contributed by atoms with E-state index in [1.54, 1.807) is 23.5 Å². The van der Waals surface area contributed by atoms with Gasteiger partial charge < -0.3 is 10.1 Å². The number of ketones is 1. The number of nitrogens with one attached hydrogen (secondary N) is 1. The predicted molar refractivity (Wildman–Crippen MR) is 122 cm³/mol. The van der Waals surface area contributed by atoms with Crippen molar-refractivity contribution in [3.8, 4) is 0 Å². The number of Topliss-reactive ketones (excluding diaryl/α,β-unsaturated/α-hetero) is 1. The fourth-order valence-electron chi connectivity index (χ4n) is 5.27. The second-order valence-corrected chi connectivity index (χ2v) is 9.88. The topological polar surface area (TPSA) is 55.4 Å². The quantitative estimate of drug-likeness (QED) is 0.603. The summed E-state index contributed by atoms with van der Waals surface area (Å²) < 4.78 is 20.0. The zero-order chi connectivity index (χ0) is 22.2. The number of carbonyl (C=O) groups excluding carboxylic acids is 2. The number of halogens is 1. The normalized spacial score (nSPS) is 23.9. The van der Waals surface area contributed by atoms with E-state index in [1.165, 1.54) is 17.0 Å². The van der Waals surface area contributed by atoms with E-state index in [9.17, 15) is 14.0 Å². The van der Waals surface area contributed by atoms with Crippen LogP contribution in [0.5, 0.6) is 0 Å². The highest BCUT2D eigenvalue weighted by atomic mass is 32.1. The van der Waals surface area contributed by atoms with Crippen LogP contribution in [0.25, 0.3) is 0 Å². The average Bonchev–Trinajstić information content (AvgIpc) is 3.47. The lowest BCUT2D eigenvalue weighted by Gasteiger charge is -2.36. The Morgan fingerprint density at radius 2 is 1.97 bits per heavy atom. The summed E-state index contributed by atoms with van der Waals surface area (Å²) in [5.74, 6) is -1.29. The van der Waals surface area contributed by atoms with E-state index < -0.39 is 11.9 Å². The van der Waals surface area contributed by atoms with Gasteiger partial charge in [-0.25, -0.2) is 9.18 Å². The molecule has 0 radical (unpaired) electrons. The van der Waals surface area contributed by atoms with Crippen LogP contribution < -0.4 is 5.32 Å². The van der Waals surface area contributed by atoms with E-state index in [4.69, 9.17) is 4.74 Å². The third-order valence-corrected chi connectivity index (χ3v) is 7.79. The van der Waals surface area contributed by atoms with Crippen molar-refractivity contribution < 1.29 is 18.7 Å². The minimum atomic E-state index is -0.618. The Bertz CT molecular complexity index is 1110. The number of rotatable bonds is 4. The van der Waals surface area contributed by atoms with Gasteiger partial charge in [-0.2, -0.15) is 0 Å². The van der Waals surface area contributed by atoms with Gasteiger partial charge in [-0.1, -0.05) is 18.2 Å². The van der Waals surface area contributed by atoms with Crippen molar-refractivity contribution >= 4 is 23.1 Å². The van der Waals surface area contributed by atoms with E-state index in [0.717, 1.165) is 31.4 Å². The molecule has 2 aliphatic carbocycles. The molecule has 2 atom stereocenters. The largest absolute Gasteiger partial charge is 0.459 e. The van der Waals surface area contributed by atoms with Crippen LogP contribution in [0.2, 0.25) is 0 Å². The van der Waals surface area contributed by atoms with E-state index in [2.05, 4.69) is 11.4 Å². The van der Waals surface area contributed by atoms with Gasteiger partial charge in [-0.3, -0.25) is 4.79 Å². The van der Waals surface area contributed by atoms with Crippen LogP contribution in [-0.4, -0.2) is 17.9 Å². The molecule has 1 fully saturated rings. The van der Waals surface area contributed by atoms with Crippen molar-refractivity contribution in [3.63, 3.8) is 0 Å². The summed E-state index contributed by atoms with van der Waals surface area (Å²) in [5, 5.41) is 5.38. The van der Waals surface area contributed by atoms with Gasteiger partial charge >= 0.3 is 5.97 Å². The maximum Gasteiger partial charge on any atom is 0.337 e. The van der Waals surface area contributed by atoms with Crippen molar-refractivity contribution in [2.45, 2.75) is 63.4 Å². The van der Waals surface area contributed by atoms with Crippen LogP contribution in [-0.2, 0) is 14.3 Å². The first-order valence-corrected chi connectivity index (χ1v) is 12.1. The molecule has 1 saturated carbocycles. The molecule has 32 heavy (non-hydrogen) atoms. The van der Waals surface area contributed by atoms with Crippen LogP contribution in [0.3, 0.4) is 0 Å². The molecule has 0 spiro atoms. The van der Waals surface area contributed by atoms with Crippen molar-refractivity contribution in [3.05, 3.63) is 80.6 Å². The second-order valence-electron chi connectivity index (χ2n) is 8.90. The molecule has 1 aliphatic heterocycles. The molecule has 1 aromatic heterocycles. The highest BCUT2D eigenvalue weighted by Gasteiger charge is 2.42. The standard InChI is InChI=1S/C26H26FNO3S/c1-15-23(26(30)31-19-8-2-3-9-19)24(16-6-4-7-18(27)12-16)25-20(28-15)13-17(14-21(25)29)22-10-5-11-32-22/h4-7,10-12,17,19,24,28H,2-3,8-9,13-14H2,1H3/t17-,24-/m0/s1. The van der Waals surface area contributed by atoms with Gasteiger partial charge in [0.15, 0.2) is 5.78 Å². The second kappa shape index (κ2) is 8.66. The SMILES string of the molecule is CC1=C(C(=O)OC2CCCC2)[C@H](c2cccc(F)c2)C2=C(C[C@H](c3cccs3)CC2=O)N1. The third-order valence-electron chi connectivity index (χ3n) is 6.75. The summed E-state index contributed by atoms with van der Waals surface area (Å²) in [7, 11) is 0. The first-order chi connectivity index (χ1) is 15.5. The van der Waals surface area contributed by atoms with Crippen LogP contribution in [0.1, 0.15) is 67.7 Å². The summed E-state index contributed by atoms with van der Waals surface area (Å²) >= 11 is 1.66. The summed E-state index contributed by atoms with van der Waals surface area (Å²) in [5.41, 5.74) is 3.13. The first kappa shape index (κ1) is 21.1. The van der Waals surface area contributed by atoms with E-state index in [-0.39, 0.29) is 23.6 Å². The van der Waals surface area contributed by atoms with E-state index in [0.29, 0.717) is 35.2 Å². The Morgan fingerprint density at radius 3 is 2.69 bits per heavy atom. The van der Waals surface area contributed by atoms with Gasteiger partial charge in [0.25, 0.3) is 0 Å². The van der Waals surface area contributed by atoms with Crippen molar-refractivity contribution in [2.24, 2.45) is 0 Å². The van der Waals surface area contributed by atoms with Gasteiger partial charge in [-0.15, -0.1) is 11.3 Å². The molecule has 0 unspecified atom stereocenters. The molecule has 1 N–H and O–H groups in total. The number of hydrogen-bond donors (Lipinski definition) is 1. The number of thiophene rings is 1. The van der Waals surface area contributed by atoms with Gasteiger partial charge in [0.2, 0.25) is 0 Å². The minimum Gasteiger partial charge on any atom is -0.459 e. The molecule has 1 aromatic carbocycles. The highest BCUT2D eigenvalue weighted by molar-refractivity contribution is 7.10. The lowest BCUT2D eigenvalue weighted by molar-refractivity contribution is -0.144. The molecule has 4 nitrogen and oxygen atoms in total. The maximum atomic E-state index is 14.2. The van der Waals surface area contributed by atoms with E-state index in [1.807, 2.05) is 18.4 Å². The molecule has 0 bridgehead atoms. The first-order valence-electron chi connectivity index (χ1n) is 11.2. The number of hydrogen-bond acceptors (Lipinski definition) is 5. The summed E-state index contributed by atoms with van der Waals surface area (Å²) in [6.45, 7) is 1.85. The van der Waals surface area contributed by atoms with E-state index >= 15 is 0 Å². The van der Waals surface area contributed by atoms with Crippen molar-refractivity contribution in [1.29, 1.82) is 0 Å². The lowest BCUT2D eigenvalue weighted by Crippen LogP contribution is -2.36. The Hall–Kier alpha value is -2.73. The fraction of sp³-hybridized carbons (Fsp3) is 0.385. The third kappa shape index (κ3) is 3.92. The van der Waals surface area contributed by atoms with Gasteiger partial charge in [0, 0.05) is 40.1 Å². The Labute approximate surface area is 191 Å². The number of benzene rings is 1. The molecule has 3 aliphatic rings. The molecule has 6 heteroatoms. The molecular weight excluding hydrogens is 425 g/mol. The molecule has 2 aromatic rings. The van der Waals surface area contributed by atoms with Gasteiger partial charge in [-0.05, 0) is 68.2 Å². The smallest absolute Gasteiger partial charge is 0.337 e. The molecule has 2 heterocycles. The highest BCUT2D eigenvalue weighted by Crippen LogP contribution is 2.46. The minimum absolute atomic E-state index is 0.00470. The van der Waals surface area contributed by atoms with Crippen LogP contribution in [0.4, 0.5) is 4.39 Å². The summed E-state index contributed by atoms with van der Waals surface area (Å²) in [6, 6.07) is 10.3. The zero-order valence-corrected chi connectivity index (χ0v) is 18.8.